The van der Waals surface area contributed by atoms with Crippen molar-refractivity contribution in [3.63, 3.8) is 0 Å². The summed E-state index contributed by atoms with van der Waals surface area (Å²) in [5.41, 5.74) is 1.43. The van der Waals surface area contributed by atoms with Crippen LogP contribution in [0, 0.1) is 5.92 Å². The lowest BCUT2D eigenvalue weighted by atomic mass is 9.84. The van der Waals surface area contributed by atoms with Gasteiger partial charge in [-0.05, 0) is 12.3 Å². The SMILES string of the molecule is OC1C=C(CC2CCCCC2)CNC1. The molecule has 1 fully saturated rings. The summed E-state index contributed by atoms with van der Waals surface area (Å²) >= 11 is 0. The average molecular weight is 195 g/mol. The minimum Gasteiger partial charge on any atom is -0.388 e. The second kappa shape index (κ2) is 4.94. The summed E-state index contributed by atoms with van der Waals surface area (Å²) in [5, 5.41) is 12.7. The van der Waals surface area contributed by atoms with Gasteiger partial charge in [-0.15, -0.1) is 0 Å². The third kappa shape index (κ3) is 2.82. The molecule has 0 spiro atoms. The standard InChI is InChI=1S/C12H21NO/c14-12-7-11(8-13-9-12)6-10-4-2-1-3-5-10/h7,10,12-14H,1-6,8-9H2. The zero-order valence-corrected chi connectivity index (χ0v) is 8.84. The van der Waals surface area contributed by atoms with E-state index in [4.69, 9.17) is 0 Å². The van der Waals surface area contributed by atoms with Gasteiger partial charge in [-0.25, -0.2) is 0 Å². The van der Waals surface area contributed by atoms with Gasteiger partial charge in [0.15, 0.2) is 0 Å². The second-order valence-corrected chi connectivity index (χ2v) is 4.73. The van der Waals surface area contributed by atoms with Gasteiger partial charge in [-0.2, -0.15) is 0 Å². The molecule has 0 aromatic rings. The highest BCUT2D eigenvalue weighted by Crippen LogP contribution is 2.29. The van der Waals surface area contributed by atoms with Crippen LogP contribution in [0.25, 0.3) is 0 Å². The van der Waals surface area contributed by atoms with E-state index in [-0.39, 0.29) is 6.10 Å². The molecule has 0 saturated heterocycles. The zero-order valence-electron chi connectivity index (χ0n) is 8.84. The maximum Gasteiger partial charge on any atom is 0.0848 e. The molecule has 2 N–H and O–H groups in total. The smallest absolute Gasteiger partial charge is 0.0848 e. The number of hydrogen-bond donors (Lipinski definition) is 2. The van der Waals surface area contributed by atoms with Crippen LogP contribution in [0.1, 0.15) is 38.5 Å². The lowest BCUT2D eigenvalue weighted by Gasteiger charge is -2.25. The highest BCUT2D eigenvalue weighted by Gasteiger charge is 2.17. The number of rotatable bonds is 2. The van der Waals surface area contributed by atoms with E-state index < -0.39 is 0 Å². The molecule has 1 atom stereocenters. The molecule has 80 valence electrons. The molecule has 2 rings (SSSR count). The van der Waals surface area contributed by atoms with Crippen molar-refractivity contribution >= 4 is 0 Å². The molecule has 2 aliphatic rings. The third-order valence-corrected chi connectivity index (χ3v) is 3.41. The number of nitrogens with one attached hydrogen (secondary N) is 1. The van der Waals surface area contributed by atoms with Crippen molar-refractivity contribution < 1.29 is 5.11 Å². The van der Waals surface area contributed by atoms with Crippen molar-refractivity contribution in [2.45, 2.75) is 44.6 Å². The Bertz CT molecular complexity index is 206. The van der Waals surface area contributed by atoms with Crippen molar-refractivity contribution in [2.75, 3.05) is 13.1 Å². The van der Waals surface area contributed by atoms with Gasteiger partial charge >= 0.3 is 0 Å². The molecule has 2 nitrogen and oxygen atoms in total. The lowest BCUT2D eigenvalue weighted by molar-refractivity contribution is 0.211. The van der Waals surface area contributed by atoms with Crippen LogP contribution in [0.15, 0.2) is 11.6 Å². The third-order valence-electron chi connectivity index (χ3n) is 3.41. The van der Waals surface area contributed by atoms with Crippen LogP contribution in [0.5, 0.6) is 0 Å². The largest absolute Gasteiger partial charge is 0.388 e. The molecule has 1 heterocycles. The van der Waals surface area contributed by atoms with Crippen LogP contribution < -0.4 is 5.32 Å². The van der Waals surface area contributed by atoms with Crippen molar-refractivity contribution in [3.05, 3.63) is 11.6 Å². The Morgan fingerprint density at radius 1 is 1.29 bits per heavy atom. The maximum atomic E-state index is 9.47. The lowest BCUT2D eigenvalue weighted by Crippen LogP contribution is -2.33. The van der Waals surface area contributed by atoms with Crippen molar-refractivity contribution in [3.8, 4) is 0 Å². The first-order chi connectivity index (χ1) is 6.84. The van der Waals surface area contributed by atoms with Gasteiger partial charge in [-0.3, -0.25) is 0 Å². The van der Waals surface area contributed by atoms with Crippen molar-refractivity contribution in [2.24, 2.45) is 5.92 Å². The molecule has 0 aromatic heterocycles. The van der Waals surface area contributed by atoms with Gasteiger partial charge in [0.05, 0.1) is 6.10 Å². The summed E-state index contributed by atoms with van der Waals surface area (Å²) in [6.07, 6.45) is 10.1. The fourth-order valence-corrected chi connectivity index (χ4v) is 2.67. The summed E-state index contributed by atoms with van der Waals surface area (Å²) in [5.74, 6) is 0.891. The molecule has 0 amide bonds. The summed E-state index contributed by atoms with van der Waals surface area (Å²) in [4.78, 5) is 0. The van der Waals surface area contributed by atoms with Crippen LogP contribution in [-0.2, 0) is 0 Å². The molecule has 2 heteroatoms. The van der Waals surface area contributed by atoms with Gasteiger partial charge in [0.25, 0.3) is 0 Å². The maximum absolute atomic E-state index is 9.47. The molecular weight excluding hydrogens is 174 g/mol. The Balaban J connectivity index is 1.83. The van der Waals surface area contributed by atoms with E-state index >= 15 is 0 Å². The molecule has 1 unspecified atom stereocenters. The Morgan fingerprint density at radius 2 is 2.07 bits per heavy atom. The summed E-state index contributed by atoms with van der Waals surface area (Å²) in [6.45, 7) is 1.72. The fraction of sp³-hybridized carbons (Fsp3) is 0.833. The minimum absolute atomic E-state index is 0.248. The van der Waals surface area contributed by atoms with E-state index in [1.165, 1.54) is 44.1 Å². The molecule has 1 aliphatic carbocycles. The number of aliphatic hydroxyl groups is 1. The van der Waals surface area contributed by atoms with Gasteiger partial charge < -0.3 is 10.4 Å². The van der Waals surface area contributed by atoms with Gasteiger partial charge in [0, 0.05) is 13.1 Å². The number of aliphatic hydroxyl groups excluding tert-OH is 1. The first-order valence-electron chi connectivity index (χ1n) is 5.93. The first-order valence-corrected chi connectivity index (χ1v) is 5.93. The monoisotopic (exact) mass is 195 g/mol. The topological polar surface area (TPSA) is 32.3 Å². The predicted molar refractivity (Wildman–Crippen MR) is 58.2 cm³/mol. The molecule has 1 aliphatic heterocycles. The van der Waals surface area contributed by atoms with Gasteiger partial charge in [0.2, 0.25) is 0 Å². The summed E-state index contributed by atoms with van der Waals surface area (Å²) in [6, 6.07) is 0. The Hall–Kier alpha value is -0.340. The summed E-state index contributed by atoms with van der Waals surface area (Å²) in [7, 11) is 0. The Kier molecular flexibility index (Phi) is 3.60. The van der Waals surface area contributed by atoms with Crippen LogP contribution in [0.2, 0.25) is 0 Å². The number of β-amino-alcohol motifs (C(OH)–C–C–N with tert-alkyl or cyclic N) is 1. The normalized spacial score (nSPS) is 30.1. The summed E-state index contributed by atoms with van der Waals surface area (Å²) < 4.78 is 0. The predicted octanol–water partition coefficient (Wildman–Crippen LogP) is 1.85. The second-order valence-electron chi connectivity index (χ2n) is 4.73. The van der Waals surface area contributed by atoms with Crippen LogP contribution >= 0.6 is 0 Å². The molecular formula is C12H21NO. The van der Waals surface area contributed by atoms with E-state index in [1.807, 2.05) is 0 Å². The van der Waals surface area contributed by atoms with Crippen molar-refractivity contribution in [1.29, 1.82) is 0 Å². The molecule has 0 aromatic carbocycles. The van der Waals surface area contributed by atoms with Gasteiger partial charge in [-0.1, -0.05) is 43.8 Å². The van der Waals surface area contributed by atoms with E-state index in [0.29, 0.717) is 0 Å². The van der Waals surface area contributed by atoms with E-state index in [0.717, 1.165) is 19.0 Å². The fourth-order valence-electron chi connectivity index (χ4n) is 2.67. The van der Waals surface area contributed by atoms with Crippen molar-refractivity contribution in [1.82, 2.24) is 5.32 Å². The quantitative estimate of drug-likeness (QED) is 0.659. The average Bonchev–Trinajstić information content (AvgIpc) is 2.19. The molecule has 0 bridgehead atoms. The highest BCUT2D eigenvalue weighted by atomic mass is 16.3. The minimum atomic E-state index is -0.248. The Morgan fingerprint density at radius 3 is 2.79 bits per heavy atom. The van der Waals surface area contributed by atoms with Crippen LogP contribution in [0.3, 0.4) is 0 Å². The van der Waals surface area contributed by atoms with E-state index in [9.17, 15) is 5.11 Å². The zero-order chi connectivity index (χ0) is 9.80. The molecule has 0 radical (unpaired) electrons. The first kappa shape index (κ1) is 10.2. The van der Waals surface area contributed by atoms with Gasteiger partial charge in [0.1, 0.15) is 0 Å². The van der Waals surface area contributed by atoms with Crippen LogP contribution in [0.4, 0.5) is 0 Å². The number of hydrogen-bond acceptors (Lipinski definition) is 2. The Labute approximate surface area is 86.4 Å². The molecule has 14 heavy (non-hydrogen) atoms. The highest BCUT2D eigenvalue weighted by molar-refractivity contribution is 5.12. The van der Waals surface area contributed by atoms with E-state index in [1.54, 1.807) is 0 Å². The van der Waals surface area contributed by atoms with Crippen LogP contribution in [-0.4, -0.2) is 24.3 Å². The van der Waals surface area contributed by atoms with E-state index in [2.05, 4.69) is 11.4 Å². The molecule has 1 saturated carbocycles.